The van der Waals surface area contributed by atoms with Crippen LogP contribution in [0.25, 0.3) is 0 Å². The Morgan fingerprint density at radius 1 is 1.25 bits per heavy atom. The highest BCUT2D eigenvalue weighted by Gasteiger charge is 2.25. The van der Waals surface area contributed by atoms with Crippen molar-refractivity contribution in [1.82, 2.24) is 0 Å². The van der Waals surface area contributed by atoms with Crippen LogP contribution in [0.5, 0.6) is 17.2 Å². The normalized spacial score (nSPS) is 13.7. The molecule has 0 saturated heterocycles. The van der Waals surface area contributed by atoms with Crippen LogP contribution in [0.15, 0.2) is 12.1 Å². The summed E-state index contributed by atoms with van der Waals surface area (Å²) in [6, 6.07) is 3.55. The van der Waals surface area contributed by atoms with Gasteiger partial charge in [-0.1, -0.05) is 20.8 Å². The minimum Gasteiger partial charge on any atom is -0.454 e. The molecule has 0 N–H and O–H groups in total. The van der Waals surface area contributed by atoms with Crippen LogP contribution in [-0.2, 0) is 10.2 Å². The lowest BCUT2D eigenvalue weighted by Crippen LogP contribution is -2.13. The van der Waals surface area contributed by atoms with Gasteiger partial charge in [-0.05, 0) is 11.5 Å². The van der Waals surface area contributed by atoms with E-state index in [2.05, 4.69) is 0 Å². The number of hydrogen-bond donors (Lipinski definition) is 0. The van der Waals surface area contributed by atoms with E-state index >= 15 is 0 Å². The molecule has 0 aromatic heterocycles. The first kappa shape index (κ1) is 10.8. The smallest absolute Gasteiger partial charge is 0.298 e. The second kappa shape index (κ2) is 3.70. The highest BCUT2D eigenvalue weighted by molar-refractivity contribution is 5.57. The van der Waals surface area contributed by atoms with Crippen LogP contribution in [0.2, 0.25) is 0 Å². The van der Waals surface area contributed by atoms with Crippen LogP contribution in [0.4, 0.5) is 0 Å². The van der Waals surface area contributed by atoms with Crippen molar-refractivity contribution in [2.45, 2.75) is 26.2 Å². The lowest BCUT2D eigenvalue weighted by molar-refractivity contribution is -0.120. The fourth-order valence-corrected chi connectivity index (χ4v) is 1.66. The Bertz CT molecular complexity index is 418. The van der Waals surface area contributed by atoms with E-state index in [1.165, 1.54) is 0 Å². The summed E-state index contributed by atoms with van der Waals surface area (Å²) in [4.78, 5) is 10.5. The van der Waals surface area contributed by atoms with Crippen molar-refractivity contribution < 1.29 is 19.0 Å². The Balaban J connectivity index is 2.52. The molecule has 0 atom stereocenters. The quantitative estimate of drug-likeness (QED) is 0.720. The van der Waals surface area contributed by atoms with E-state index in [-0.39, 0.29) is 12.2 Å². The number of ether oxygens (including phenoxy) is 3. The molecule has 4 nitrogen and oxygen atoms in total. The summed E-state index contributed by atoms with van der Waals surface area (Å²) in [6.45, 7) is 6.77. The van der Waals surface area contributed by atoms with Gasteiger partial charge < -0.3 is 14.2 Å². The third kappa shape index (κ3) is 1.83. The van der Waals surface area contributed by atoms with Crippen LogP contribution in [0.3, 0.4) is 0 Å². The average Bonchev–Trinajstić information content (AvgIpc) is 2.62. The van der Waals surface area contributed by atoms with E-state index in [0.29, 0.717) is 23.7 Å². The molecule has 0 saturated carbocycles. The number of fused-ring (bicyclic) bond motifs is 1. The summed E-state index contributed by atoms with van der Waals surface area (Å²) in [5, 5.41) is 0. The van der Waals surface area contributed by atoms with Crippen LogP contribution in [0, 0.1) is 0 Å². The van der Waals surface area contributed by atoms with Crippen LogP contribution >= 0.6 is 0 Å². The molecule has 86 valence electrons. The molecule has 0 amide bonds. The molecule has 0 unspecified atom stereocenters. The average molecular weight is 222 g/mol. The molecule has 0 spiro atoms. The highest BCUT2D eigenvalue weighted by Crippen LogP contribution is 2.42. The zero-order valence-corrected chi connectivity index (χ0v) is 9.57. The molecule has 0 fully saturated rings. The van der Waals surface area contributed by atoms with Crippen molar-refractivity contribution in [1.29, 1.82) is 0 Å². The van der Waals surface area contributed by atoms with Crippen LogP contribution in [0.1, 0.15) is 26.3 Å². The van der Waals surface area contributed by atoms with Gasteiger partial charge in [0, 0.05) is 11.6 Å². The van der Waals surface area contributed by atoms with E-state index in [1.807, 2.05) is 26.8 Å². The molecule has 1 heterocycles. The summed E-state index contributed by atoms with van der Waals surface area (Å²) in [6.07, 6.45) is 0. The maximum Gasteiger partial charge on any atom is 0.298 e. The van der Waals surface area contributed by atoms with Crippen molar-refractivity contribution >= 4 is 6.47 Å². The minimum atomic E-state index is -0.126. The van der Waals surface area contributed by atoms with E-state index in [0.717, 1.165) is 5.56 Å². The predicted octanol–water partition coefficient (Wildman–Crippen LogP) is 2.25. The molecule has 1 aromatic carbocycles. The lowest BCUT2D eigenvalue weighted by Gasteiger charge is -2.21. The van der Waals surface area contributed by atoms with E-state index < -0.39 is 0 Å². The number of benzene rings is 1. The fraction of sp³-hybridized carbons (Fsp3) is 0.417. The van der Waals surface area contributed by atoms with Gasteiger partial charge in [-0.3, -0.25) is 4.79 Å². The van der Waals surface area contributed by atoms with Gasteiger partial charge in [-0.15, -0.1) is 0 Å². The topological polar surface area (TPSA) is 44.8 Å². The number of hydrogen-bond acceptors (Lipinski definition) is 4. The number of carbonyl (C=O) groups is 1. The second-order valence-corrected chi connectivity index (χ2v) is 4.67. The molecular formula is C12H14O4. The van der Waals surface area contributed by atoms with Gasteiger partial charge in [0.15, 0.2) is 11.5 Å². The molecule has 0 aliphatic carbocycles. The SMILES string of the molecule is CC(C)(C)c1cc2c(cc1OC=O)OCO2. The van der Waals surface area contributed by atoms with Crippen LogP contribution < -0.4 is 14.2 Å². The van der Waals surface area contributed by atoms with Crippen molar-refractivity contribution in [3.63, 3.8) is 0 Å². The van der Waals surface area contributed by atoms with Crippen LogP contribution in [-0.4, -0.2) is 13.3 Å². The Hall–Kier alpha value is -1.71. The summed E-state index contributed by atoms with van der Waals surface area (Å²) in [5.74, 6) is 1.83. The van der Waals surface area contributed by atoms with E-state index in [1.54, 1.807) is 6.07 Å². The summed E-state index contributed by atoms with van der Waals surface area (Å²) in [5.41, 5.74) is 0.795. The molecule has 2 rings (SSSR count). The highest BCUT2D eigenvalue weighted by atomic mass is 16.7. The zero-order valence-electron chi connectivity index (χ0n) is 9.57. The largest absolute Gasteiger partial charge is 0.454 e. The van der Waals surface area contributed by atoms with E-state index in [9.17, 15) is 4.79 Å². The summed E-state index contributed by atoms with van der Waals surface area (Å²) < 4.78 is 15.5. The van der Waals surface area contributed by atoms with Gasteiger partial charge in [-0.2, -0.15) is 0 Å². The summed E-state index contributed by atoms with van der Waals surface area (Å²) >= 11 is 0. The Morgan fingerprint density at radius 3 is 2.44 bits per heavy atom. The lowest BCUT2D eigenvalue weighted by atomic mass is 9.86. The standard InChI is InChI=1S/C12H14O4/c1-12(2,3)8-4-10-11(16-7-15-10)5-9(8)14-6-13/h4-6H,7H2,1-3H3. The molecule has 1 aromatic rings. The monoisotopic (exact) mass is 222 g/mol. The predicted molar refractivity (Wildman–Crippen MR) is 58.0 cm³/mol. The van der Waals surface area contributed by atoms with Gasteiger partial charge in [-0.25, -0.2) is 0 Å². The third-order valence-corrected chi connectivity index (χ3v) is 2.46. The molecule has 16 heavy (non-hydrogen) atoms. The maximum absolute atomic E-state index is 10.5. The Labute approximate surface area is 94.1 Å². The number of rotatable bonds is 2. The Kier molecular flexibility index (Phi) is 2.50. The van der Waals surface area contributed by atoms with Crippen molar-refractivity contribution in [3.05, 3.63) is 17.7 Å². The van der Waals surface area contributed by atoms with Gasteiger partial charge in [0.05, 0.1) is 0 Å². The first-order chi connectivity index (χ1) is 7.52. The third-order valence-electron chi connectivity index (χ3n) is 2.46. The first-order valence-electron chi connectivity index (χ1n) is 5.07. The summed E-state index contributed by atoms with van der Waals surface area (Å²) in [7, 11) is 0. The fourth-order valence-electron chi connectivity index (χ4n) is 1.66. The minimum absolute atomic E-state index is 0.126. The molecule has 0 bridgehead atoms. The van der Waals surface area contributed by atoms with Crippen molar-refractivity contribution in [2.75, 3.05) is 6.79 Å². The molecule has 4 heteroatoms. The number of carbonyl (C=O) groups excluding carboxylic acids is 1. The van der Waals surface area contributed by atoms with Gasteiger partial charge in [0.2, 0.25) is 6.79 Å². The molecule has 1 aliphatic rings. The molecule has 1 aliphatic heterocycles. The Morgan fingerprint density at radius 2 is 1.88 bits per heavy atom. The maximum atomic E-state index is 10.5. The van der Waals surface area contributed by atoms with Crippen molar-refractivity contribution in [2.24, 2.45) is 0 Å². The van der Waals surface area contributed by atoms with Gasteiger partial charge in [0.1, 0.15) is 5.75 Å². The zero-order chi connectivity index (χ0) is 11.8. The van der Waals surface area contributed by atoms with Gasteiger partial charge in [0.25, 0.3) is 6.47 Å². The second-order valence-electron chi connectivity index (χ2n) is 4.67. The molecule has 0 radical (unpaired) electrons. The van der Waals surface area contributed by atoms with Gasteiger partial charge >= 0.3 is 0 Å². The first-order valence-corrected chi connectivity index (χ1v) is 5.07. The van der Waals surface area contributed by atoms with Crippen molar-refractivity contribution in [3.8, 4) is 17.2 Å². The molecular weight excluding hydrogens is 208 g/mol. The van der Waals surface area contributed by atoms with E-state index in [4.69, 9.17) is 14.2 Å².